The molecular weight excluding hydrogens is 457 g/mol. The fourth-order valence-electron chi connectivity index (χ4n) is 1.88. The zero-order valence-corrected chi connectivity index (χ0v) is 17.4. The van der Waals surface area contributed by atoms with Gasteiger partial charge >= 0.3 is 0 Å². The van der Waals surface area contributed by atoms with Crippen molar-refractivity contribution in [2.75, 3.05) is 11.1 Å². The number of anilines is 1. The number of amides is 1. The number of nitrogens with one attached hydrogen (secondary N) is 1. The summed E-state index contributed by atoms with van der Waals surface area (Å²) in [6.07, 6.45) is 0. The van der Waals surface area contributed by atoms with Crippen molar-refractivity contribution in [3.05, 3.63) is 64.4 Å². The molecule has 26 heavy (non-hydrogen) atoms. The number of hydrogen-bond donors (Lipinski definition) is 1. The average molecular weight is 470 g/mol. The van der Waals surface area contributed by atoms with Crippen molar-refractivity contribution >= 4 is 61.8 Å². The van der Waals surface area contributed by atoms with E-state index in [1.165, 1.54) is 47.0 Å². The van der Waals surface area contributed by atoms with E-state index in [0.29, 0.717) is 16.6 Å². The van der Waals surface area contributed by atoms with Gasteiger partial charge in [-0.15, -0.1) is 22.0 Å². The third kappa shape index (κ3) is 6.08. The van der Waals surface area contributed by atoms with Crippen LogP contribution in [-0.2, 0) is 10.5 Å². The number of halogens is 2. The average Bonchev–Trinajstić information content (AvgIpc) is 3.08. The van der Waals surface area contributed by atoms with E-state index in [9.17, 15) is 9.18 Å². The van der Waals surface area contributed by atoms with Gasteiger partial charge in [0.2, 0.25) is 11.0 Å². The molecule has 0 bridgehead atoms. The van der Waals surface area contributed by atoms with Crippen LogP contribution in [0.5, 0.6) is 0 Å². The van der Waals surface area contributed by atoms with Crippen LogP contribution in [0.15, 0.2) is 62.2 Å². The summed E-state index contributed by atoms with van der Waals surface area (Å²) in [5.41, 5.74) is 1.00. The van der Waals surface area contributed by atoms with E-state index >= 15 is 0 Å². The number of rotatable bonds is 7. The Morgan fingerprint density at radius 1 is 1.08 bits per heavy atom. The van der Waals surface area contributed by atoms with E-state index in [0.717, 1.165) is 19.3 Å². The van der Waals surface area contributed by atoms with E-state index in [1.807, 2.05) is 24.3 Å². The first-order chi connectivity index (χ1) is 12.6. The van der Waals surface area contributed by atoms with Gasteiger partial charge in [0.1, 0.15) is 5.82 Å². The van der Waals surface area contributed by atoms with Crippen LogP contribution in [0.1, 0.15) is 5.56 Å². The van der Waals surface area contributed by atoms with Crippen LogP contribution in [0, 0.1) is 5.82 Å². The number of benzene rings is 2. The maximum absolute atomic E-state index is 12.9. The first-order valence-corrected chi connectivity index (χ1v) is 11.1. The van der Waals surface area contributed by atoms with Crippen molar-refractivity contribution in [3.63, 3.8) is 0 Å². The second-order valence-electron chi connectivity index (χ2n) is 5.08. The Kier molecular flexibility index (Phi) is 7.07. The lowest BCUT2D eigenvalue weighted by Gasteiger charge is -2.02. The summed E-state index contributed by atoms with van der Waals surface area (Å²) in [5.74, 6) is 0.603. The predicted octanol–water partition coefficient (Wildman–Crippen LogP) is 5.46. The molecule has 3 aromatic rings. The first-order valence-electron chi connectivity index (χ1n) is 7.47. The Bertz CT molecular complexity index is 872. The number of thioether (sulfide) groups is 2. The molecule has 9 heteroatoms. The second-order valence-corrected chi connectivity index (χ2v) is 9.24. The van der Waals surface area contributed by atoms with Gasteiger partial charge in [-0.1, -0.05) is 51.2 Å². The summed E-state index contributed by atoms with van der Waals surface area (Å²) >= 11 is 7.67. The van der Waals surface area contributed by atoms with E-state index in [4.69, 9.17) is 0 Å². The van der Waals surface area contributed by atoms with Crippen molar-refractivity contribution in [1.82, 2.24) is 10.2 Å². The summed E-state index contributed by atoms with van der Waals surface area (Å²) in [6, 6.07) is 14.1. The van der Waals surface area contributed by atoms with Gasteiger partial charge in [-0.25, -0.2) is 4.39 Å². The minimum atomic E-state index is -0.249. The Morgan fingerprint density at radius 3 is 2.54 bits per heavy atom. The summed E-state index contributed by atoms with van der Waals surface area (Å²) in [6.45, 7) is 0. The molecule has 0 saturated heterocycles. The molecule has 3 rings (SSSR count). The standard InChI is InChI=1S/C17H13BrFN3OS3/c18-12-3-7-14(8-4-12)24-10-15(23)20-16-21-22-17(26-16)25-9-11-1-5-13(19)6-2-11/h1-8H,9-10H2,(H,20,21,23). The van der Waals surface area contributed by atoms with Crippen molar-refractivity contribution in [3.8, 4) is 0 Å². The Hall–Kier alpha value is -1.42. The molecule has 0 aliphatic rings. The monoisotopic (exact) mass is 469 g/mol. The van der Waals surface area contributed by atoms with Crippen molar-refractivity contribution < 1.29 is 9.18 Å². The van der Waals surface area contributed by atoms with Crippen LogP contribution in [0.25, 0.3) is 0 Å². The SMILES string of the molecule is O=C(CSc1ccc(Br)cc1)Nc1nnc(SCc2ccc(F)cc2)s1. The van der Waals surface area contributed by atoms with Crippen molar-refractivity contribution in [2.24, 2.45) is 0 Å². The van der Waals surface area contributed by atoms with Gasteiger partial charge < -0.3 is 0 Å². The molecule has 1 aromatic heterocycles. The number of aromatic nitrogens is 2. The number of hydrogen-bond acceptors (Lipinski definition) is 6. The summed E-state index contributed by atoms with van der Waals surface area (Å²) in [7, 11) is 0. The Labute approximate surface area is 171 Å². The van der Waals surface area contributed by atoms with Crippen LogP contribution in [0.3, 0.4) is 0 Å². The lowest BCUT2D eigenvalue weighted by Crippen LogP contribution is -2.13. The highest BCUT2D eigenvalue weighted by Gasteiger charge is 2.09. The van der Waals surface area contributed by atoms with Gasteiger partial charge in [0, 0.05) is 15.1 Å². The van der Waals surface area contributed by atoms with Gasteiger partial charge in [0.25, 0.3) is 0 Å². The molecule has 1 N–H and O–H groups in total. The highest BCUT2D eigenvalue weighted by atomic mass is 79.9. The molecule has 0 aliphatic carbocycles. The van der Waals surface area contributed by atoms with E-state index in [1.54, 1.807) is 12.1 Å². The van der Waals surface area contributed by atoms with Crippen LogP contribution in [0.2, 0.25) is 0 Å². The summed E-state index contributed by atoms with van der Waals surface area (Å²) in [5, 5.41) is 11.3. The fraction of sp³-hybridized carbons (Fsp3) is 0.118. The molecule has 0 radical (unpaired) electrons. The summed E-state index contributed by atoms with van der Waals surface area (Å²) < 4.78 is 14.7. The minimum Gasteiger partial charge on any atom is -0.300 e. The van der Waals surface area contributed by atoms with E-state index in [2.05, 4.69) is 31.4 Å². The molecule has 0 aliphatic heterocycles. The molecular formula is C17H13BrFN3OS3. The molecule has 0 spiro atoms. The third-order valence-corrected chi connectivity index (χ3v) is 6.70. The molecule has 134 valence electrons. The number of nitrogens with zero attached hydrogens (tertiary/aromatic N) is 2. The smallest absolute Gasteiger partial charge is 0.236 e. The zero-order valence-electron chi connectivity index (χ0n) is 13.3. The summed E-state index contributed by atoms with van der Waals surface area (Å²) in [4.78, 5) is 13.1. The Balaban J connectivity index is 1.45. The topological polar surface area (TPSA) is 54.9 Å². The molecule has 2 aromatic carbocycles. The third-order valence-electron chi connectivity index (χ3n) is 3.11. The van der Waals surface area contributed by atoms with Gasteiger partial charge in [-0.05, 0) is 42.0 Å². The van der Waals surface area contributed by atoms with Crippen molar-refractivity contribution in [1.29, 1.82) is 0 Å². The van der Waals surface area contributed by atoms with Crippen LogP contribution in [-0.4, -0.2) is 21.9 Å². The number of carbonyl (C=O) groups excluding carboxylic acids is 1. The maximum Gasteiger partial charge on any atom is 0.236 e. The highest BCUT2D eigenvalue weighted by Crippen LogP contribution is 2.28. The highest BCUT2D eigenvalue weighted by molar-refractivity contribution is 9.10. The normalized spacial score (nSPS) is 10.7. The fourth-order valence-corrected chi connectivity index (χ4v) is 4.57. The molecule has 0 unspecified atom stereocenters. The van der Waals surface area contributed by atoms with Crippen molar-refractivity contribution in [2.45, 2.75) is 15.0 Å². The molecule has 1 heterocycles. The zero-order chi connectivity index (χ0) is 18.4. The van der Waals surface area contributed by atoms with E-state index in [-0.39, 0.29) is 11.7 Å². The Morgan fingerprint density at radius 2 is 1.81 bits per heavy atom. The van der Waals surface area contributed by atoms with Gasteiger partial charge in [-0.3, -0.25) is 10.1 Å². The molecule has 0 saturated carbocycles. The molecule has 0 atom stereocenters. The van der Waals surface area contributed by atoms with Crippen LogP contribution in [0.4, 0.5) is 9.52 Å². The maximum atomic E-state index is 12.9. The van der Waals surface area contributed by atoms with Gasteiger partial charge in [0.15, 0.2) is 4.34 Å². The lowest BCUT2D eigenvalue weighted by atomic mass is 10.2. The van der Waals surface area contributed by atoms with Crippen LogP contribution < -0.4 is 5.32 Å². The van der Waals surface area contributed by atoms with E-state index < -0.39 is 0 Å². The minimum absolute atomic E-state index is 0.121. The number of carbonyl (C=O) groups is 1. The first kappa shape index (κ1) is 19.3. The molecule has 4 nitrogen and oxygen atoms in total. The van der Waals surface area contributed by atoms with Crippen LogP contribution >= 0.6 is 50.8 Å². The molecule has 0 fully saturated rings. The largest absolute Gasteiger partial charge is 0.300 e. The molecule has 1 amide bonds. The van der Waals surface area contributed by atoms with Gasteiger partial charge in [0.05, 0.1) is 5.75 Å². The quantitative estimate of drug-likeness (QED) is 0.367. The predicted molar refractivity (Wildman–Crippen MR) is 109 cm³/mol. The lowest BCUT2D eigenvalue weighted by molar-refractivity contribution is -0.113. The van der Waals surface area contributed by atoms with Gasteiger partial charge in [-0.2, -0.15) is 0 Å². The second kappa shape index (κ2) is 9.50.